The van der Waals surface area contributed by atoms with E-state index in [9.17, 15) is 21.6 Å². The summed E-state index contributed by atoms with van der Waals surface area (Å²) in [5.41, 5.74) is 6.81. The topological polar surface area (TPSA) is 85.9 Å². The lowest BCUT2D eigenvalue weighted by atomic mass is 10.0. The van der Waals surface area contributed by atoms with Crippen LogP contribution in [0.25, 0.3) is 33.4 Å². The first-order valence-corrected chi connectivity index (χ1v) is 11.0. The first-order chi connectivity index (χ1) is 14.6. The minimum Gasteiger partial charge on any atom is -0.382 e. The van der Waals surface area contributed by atoms with Crippen molar-refractivity contribution in [1.82, 2.24) is 9.97 Å². The molecule has 3 aromatic carbocycles. The lowest BCUT2D eigenvalue weighted by molar-refractivity contribution is -0.136. The van der Waals surface area contributed by atoms with Crippen molar-refractivity contribution >= 4 is 26.7 Å². The lowest BCUT2D eigenvalue weighted by Gasteiger charge is -2.12. The molecule has 0 amide bonds. The molecule has 9 heteroatoms. The number of hydrogen-bond acceptors (Lipinski definition) is 5. The first-order valence-electron chi connectivity index (χ1n) is 9.09. The maximum Gasteiger partial charge on any atom is 0.418 e. The molecule has 4 aromatic rings. The van der Waals surface area contributed by atoms with Gasteiger partial charge in [-0.1, -0.05) is 48.5 Å². The van der Waals surface area contributed by atoms with Gasteiger partial charge in [0.05, 0.1) is 16.0 Å². The van der Waals surface area contributed by atoms with Crippen molar-refractivity contribution in [2.24, 2.45) is 0 Å². The highest BCUT2D eigenvalue weighted by atomic mass is 32.2. The van der Waals surface area contributed by atoms with E-state index in [0.29, 0.717) is 16.7 Å². The van der Waals surface area contributed by atoms with E-state index >= 15 is 0 Å². The number of nitrogens with two attached hydrogens (primary N) is 1. The number of fused-ring (bicyclic) bond motifs is 1. The molecule has 2 N–H and O–H groups in total. The fourth-order valence-corrected chi connectivity index (χ4v) is 4.28. The smallest absolute Gasteiger partial charge is 0.382 e. The molecule has 0 saturated carbocycles. The minimum atomic E-state index is -4.57. The Bertz CT molecular complexity index is 1400. The van der Waals surface area contributed by atoms with Crippen LogP contribution in [0.5, 0.6) is 0 Å². The van der Waals surface area contributed by atoms with E-state index in [4.69, 9.17) is 5.73 Å². The number of rotatable bonds is 3. The summed E-state index contributed by atoms with van der Waals surface area (Å²) in [5, 5.41) is 0. The number of sulfone groups is 1. The van der Waals surface area contributed by atoms with Crippen LogP contribution in [-0.4, -0.2) is 24.6 Å². The molecule has 0 aliphatic carbocycles. The van der Waals surface area contributed by atoms with E-state index in [1.165, 1.54) is 18.2 Å². The molecule has 0 aliphatic heterocycles. The van der Waals surface area contributed by atoms with E-state index in [1.54, 1.807) is 42.5 Å². The molecule has 4 rings (SSSR count). The van der Waals surface area contributed by atoms with Gasteiger partial charge in [-0.05, 0) is 23.8 Å². The number of aromatic nitrogens is 2. The third-order valence-corrected chi connectivity index (χ3v) is 5.94. The average molecular weight is 443 g/mol. The second kappa shape index (κ2) is 7.35. The Morgan fingerprint density at radius 1 is 0.839 bits per heavy atom. The Kier molecular flexibility index (Phi) is 4.93. The number of nitrogens with zero attached hydrogens (tertiary/aromatic N) is 2. The van der Waals surface area contributed by atoms with Crippen LogP contribution in [0.4, 0.5) is 19.0 Å². The highest BCUT2D eigenvalue weighted by molar-refractivity contribution is 7.90. The van der Waals surface area contributed by atoms with E-state index in [-0.39, 0.29) is 27.4 Å². The molecule has 0 spiro atoms. The van der Waals surface area contributed by atoms with Gasteiger partial charge in [0, 0.05) is 17.4 Å². The molecule has 1 aromatic heterocycles. The standard InChI is InChI=1S/C22H16F3N3O2S/c1-31(29,30)18-8-3-2-5-15(18)13-9-11-14(12-10-13)19-21(26)28-20-16(22(23,24)25)6-4-7-17(20)27-19/h2-12H,1H3,(H2,26,28). The summed E-state index contributed by atoms with van der Waals surface area (Å²) in [7, 11) is -3.43. The van der Waals surface area contributed by atoms with Crippen LogP contribution in [0.15, 0.2) is 71.6 Å². The van der Waals surface area contributed by atoms with Gasteiger partial charge in [-0.25, -0.2) is 18.4 Å². The summed E-state index contributed by atoms with van der Waals surface area (Å²) in [5.74, 6) is -0.131. The Labute approximate surface area is 176 Å². The molecule has 31 heavy (non-hydrogen) atoms. The number of para-hydroxylation sites is 1. The monoisotopic (exact) mass is 443 g/mol. The van der Waals surface area contributed by atoms with Crippen molar-refractivity contribution < 1.29 is 21.6 Å². The maximum absolute atomic E-state index is 13.2. The summed E-state index contributed by atoms with van der Waals surface area (Å²) in [4.78, 5) is 8.46. The zero-order valence-corrected chi connectivity index (χ0v) is 17.0. The summed E-state index contributed by atoms with van der Waals surface area (Å²) >= 11 is 0. The maximum atomic E-state index is 13.2. The predicted octanol–water partition coefficient (Wildman–Crippen LogP) is 4.97. The van der Waals surface area contributed by atoms with E-state index < -0.39 is 21.6 Å². The molecular weight excluding hydrogens is 427 g/mol. The van der Waals surface area contributed by atoms with Crippen molar-refractivity contribution in [3.8, 4) is 22.4 Å². The van der Waals surface area contributed by atoms with Gasteiger partial charge in [-0.15, -0.1) is 0 Å². The fraction of sp³-hybridized carbons (Fsp3) is 0.0909. The van der Waals surface area contributed by atoms with Crippen molar-refractivity contribution in [3.63, 3.8) is 0 Å². The van der Waals surface area contributed by atoms with Gasteiger partial charge in [-0.2, -0.15) is 13.2 Å². The van der Waals surface area contributed by atoms with Gasteiger partial charge in [0.2, 0.25) is 0 Å². The molecule has 0 atom stereocenters. The zero-order valence-electron chi connectivity index (χ0n) is 16.2. The Morgan fingerprint density at radius 2 is 1.48 bits per heavy atom. The van der Waals surface area contributed by atoms with Gasteiger partial charge in [-0.3, -0.25) is 0 Å². The van der Waals surface area contributed by atoms with E-state index in [1.807, 2.05) is 0 Å². The van der Waals surface area contributed by atoms with Gasteiger partial charge in [0.15, 0.2) is 15.7 Å². The Hall–Kier alpha value is -3.46. The molecule has 1 heterocycles. The van der Waals surface area contributed by atoms with Crippen molar-refractivity contribution in [3.05, 3.63) is 72.3 Å². The number of anilines is 1. The van der Waals surface area contributed by atoms with Gasteiger partial charge >= 0.3 is 6.18 Å². The minimum absolute atomic E-state index is 0.0746. The lowest BCUT2D eigenvalue weighted by Crippen LogP contribution is -2.08. The van der Waals surface area contributed by atoms with Crippen LogP contribution < -0.4 is 5.73 Å². The SMILES string of the molecule is CS(=O)(=O)c1ccccc1-c1ccc(-c2nc3cccc(C(F)(F)F)c3nc2N)cc1. The third kappa shape index (κ3) is 3.96. The van der Waals surface area contributed by atoms with Crippen molar-refractivity contribution in [1.29, 1.82) is 0 Å². The van der Waals surface area contributed by atoms with Crippen LogP contribution in [0.2, 0.25) is 0 Å². The van der Waals surface area contributed by atoms with E-state index in [0.717, 1.165) is 12.3 Å². The summed E-state index contributed by atoms with van der Waals surface area (Å²) in [6, 6.07) is 17.0. The predicted molar refractivity (Wildman–Crippen MR) is 113 cm³/mol. The fourth-order valence-electron chi connectivity index (χ4n) is 3.37. The number of hydrogen-bond donors (Lipinski definition) is 1. The van der Waals surface area contributed by atoms with Crippen LogP contribution in [0, 0.1) is 0 Å². The van der Waals surface area contributed by atoms with Gasteiger partial charge in [0.25, 0.3) is 0 Å². The van der Waals surface area contributed by atoms with Gasteiger partial charge < -0.3 is 5.73 Å². The second-order valence-electron chi connectivity index (χ2n) is 6.97. The summed E-state index contributed by atoms with van der Waals surface area (Å²) in [6.07, 6.45) is -3.43. The molecule has 5 nitrogen and oxygen atoms in total. The molecule has 0 aliphatic rings. The molecule has 0 unspecified atom stereocenters. The zero-order chi connectivity index (χ0) is 22.4. The highest BCUT2D eigenvalue weighted by Crippen LogP contribution is 2.36. The quantitative estimate of drug-likeness (QED) is 0.483. The van der Waals surface area contributed by atoms with Crippen LogP contribution in [0.1, 0.15) is 5.56 Å². The highest BCUT2D eigenvalue weighted by Gasteiger charge is 2.33. The van der Waals surface area contributed by atoms with Gasteiger partial charge in [0.1, 0.15) is 11.2 Å². The second-order valence-corrected chi connectivity index (χ2v) is 8.96. The molecule has 0 bridgehead atoms. The average Bonchev–Trinajstić information content (AvgIpc) is 2.72. The van der Waals surface area contributed by atoms with Crippen molar-refractivity contribution in [2.45, 2.75) is 11.1 Å². The number of halogens is 3. The largest absolute Gasteiger partial charge is 0.418 e. The van der Waals surface area contributed by atoms with Crippen LogP contribution in [-0.2, 0) is 16.0 Å². The summed E-state index contributed by atoms with van der Waals surface area (Å²) < 4.78 is 63.9. The summed E-state index contributed by atoms with van der Waals surface area (Å²) in [6.45, 7) is 0. The normalized spacial score (nSPS) is 12.3. The van der Waals surface area contributed by atoms with Crippen LogP contribution >= 0.6 is 0 Å². The number of alkyl halides is 3. The van der Waals surface area contributed by atoms with Crippen LogP contribution in [0.3, 0.4) is 0 Å². The number of nitrogen functional groups attached to an aromatic ring is 1. The molecule has 0 radical (unpaired) electrons. The first kappa shape index (κ1) is 20.8. The molecule has 158 valence electrons. The molecule has 0 fully saturated rings. The Balaban J connectivity index is 1.80. The molecule has 0 saturated heterocycles. The Morgan fingerprint density at radius 3 is 2.13 bits per heavy atom. The van der Waals surface area contributed by atoms with Crippen molar-refractivity contribution in [2.75, 3.05) is 12.0 Å². The number of benzene rings is 3. The third-order valence-electron chi connectivity index (χ3n) is 4.78. The molecular formula is C22H16F3N3O2S. The van der Waals surface area contributed by atoms with E-state index in [2.05, 4.69) is 9.97 Å².